The summed E-state index contributed by atoms with van der Waals surface area (Å²) in [6.45, 7) is 8.81. The molecule has 0 fully saturated rings. The van der Waals surface area contributed by atoms with Crippen molar-refractivity contribution in [1.82, 2.24) is 14.1 Å². The number of pyridine rings is 1. The molecule has 5 heterocycles. The van der Waals surface area contributed by atoms with E-state index in [1.54, 1.807) is 0 Å². The van der Waals surface area contributed by atoms with Crippen molar-refractivity contribution in [2.45, 2.75) is 26.2 Å². The molecular weight excluding hydrogens is 918 g/mol. The summed E-state index contributed by atoms with van der Waals surface area (Å²) in [4.78, 5) is 9.31. The second kappa shape index (κ2) is 13.5. The Kier molecular flexibility index (Phi) is 8.17. The molecule has 0 spiro atoms. The van der Waals surface area contributed by atoms with Gasteiger partial charge in [0.1, 0.15) is 5.82 Å². The Balaban J connectivity index is 0.00000408. The first-order valence-electron chi connectivity index (χ1n) is 20.1. The maximum atomic E-state index is 6.67. The predicted octanol–water partition coefficient (Wildman–Crippen LogP) is 13.3. The first kappa shape index (κ1) is 36.5. The Labute approximate surface area is 363 Å². The minimum atomic E-state index is -0.0694. The van der Waals surface area contributed by atoms with Crippen molar-refractivity contribution in [3.05, 3.63) is 176 Å². The second-order valence-electron chi connectivity index (χ2n) is 16.6. The van der Waals surface area contributed by atoms with Gasteiger partial charge in [-0.1, -0.05) is 99.1 Å². The van der Waals surface area contributed by atoms with Crippen molar-refractivity contribution in [2.24, 2.45) is 0 Å². The fourth-order valence-corrected chi connectivity index (χ4v) is 9.40. The van der Waals surface area contributed by atoms with Crippen LogP contribution >= 0.6 is 0 Å². The van der Waals surface area contributed by atoms with Gasteiger partial charge in [0, 0.05) is 77.6 Å². The fraction of sp³-hybridized carbons (Fsp3) is 0.0943. The molecule has 7 heteroatoms. The molecule has 3 aromatic heterocycles. The van der Waals surface area contributed by atoms with Gasteiger partial charge in [-0.3, -0.25) is 0 Å². The smallest absolute Gasteiger partial charge is 0.135 e. The molecule has 294 valence electrons. The summed E-state index contributed by atoms with van der Waals surface area (Å²) in [6.07, 6.45) is 1.93. The quantitative estimate of drug-likeness (QED) is 0.165. The van der Waals surface area contributed by atoms with Crippen LogP contribution in [0.3, 0.4) is 0 Å². The van der Waals surface area contributed by atoms with E-state index in [4.69, 9.17) is 9.72 Å². The number of anilines is 3. The number of para-hydroxylation sites is 4. The SMILES string of the molecule is CN1[CH-]N(c2[c-]c(Oc3[c-]c4c(cc3)c3c5c(ccc3n4-c3cc(C(C)(C)C)ccn3)-n3c4ccccc4c4cccc(c43)-c3ccccc3-5)ccc2)c2ccccc21.[Pt]. The molecule has 10 aromatic rings. The Morgan fingerprint density at radius 2 is 1.33 bits per heavy atom. The van der Waals surface area contributed by atoms with Crippen LogP contribution in [0.2, 0.25) is 0 Å². The van der Waals surface area contributed by atoms with E-state index in [0.717, 1.165) is 50.4 Å². The number of ether oxygens (including phenoxy) is 1. The van der Waals surface area contributed by atoms with E-state index in [1.807, 2.05) is 24.4 Å². The summed E-state index contributed by atoms with van der Waals surface area (Å²) in [5.74, 6) is 2.05. The average Bonchev–Trinajstić information content (AvgIpc) is 3.87. The number of hydrogen-bond acceptors (Lipinski definition) is 4. The predicted molar refractivity (Wildman–Crippen MR) is 242 cm³/mol. The summed E-state index contributed by atoms with van der Waals surface area (Å²) >= 11 is 0. The first-order valence-corrected chi connectivity index (χ1v) is 20.1. The Hall–Kier alpha value is -6.62. The number of rotatable bonds is 4. The van der Waals surface area contributed by atoms with Gasteiger partial charge < -0.3 is 23.7 Å². The van der Waals surface area contributed by atoms with E-state index in [1.165, 1.54) is 49.6 Å². The van der Waals surface area contributed by atoms with Crippen LogP contribution in [0.15, 0.2) is 152 Å². The van der Waals surface area contributed by atoms with Crippen molar-refractivity contribution >= 4 is 60.7 Å². The van der Waals surface area contributed by atoms with Crippen LogP contribution in [-0.2, 0) is 26.5 Å². The van der Waals surface area contributed by atoms with E-state index < -0.39 is 0 Å². The van der Waals surface area contributed by atoms with Gasteiger partial charge in [0.05, 0.1) is 16.7 Å². The van der Waals surface area contributed by atoms with Gasteiger partial charge in [0.15, 0.2) is 0 Å². The van der Waals surface area contributed by atoms with Gasteiger partial charge in [-0.15, -0.1) is 41.4 Å². The largest absolute Gasteiger partial charge is 0.509 e. The number of fused-ring (bicyclic) bond motifs is 13. The van der Waals surface area contributed by atoms with Crippen LogP contribution in [0.1, 0.15) is 26.3 Å². The molecule has 7 aromatic carbocycles. The van der Waals surface area contributed by atoms with Crippen molar-refractivity contribution in [3.63, 3.8) is 0 Å². The normalized spacial score (nSPS) is 13.1. The minimum Gasteiger partial charge on any atom is -0.509 e. The summed E-state index contributed by atoms with van der Waals surface area (Å²) in [5, 5.41) is 4.72. The van der Waals surface area contributed by atoms with Crippen LogP contribution in [0.5, 0.6) is 11.5 Å². The molecule has 0 saturated heterocycles. The summed E-state index contributed by atoms with van der Waals surface area (Å²) in [5.41, 5.74) is 14.6. The number of benzene rings is 7. The van der Waals surface area contributed by atoms with Crippen molar-refractivity contribution in [1.29, 1.82) is 0 Å². The summed E-state index contributed by atoms with van der Waals surface area (Å²) in [6, 6.07) is 59.2. The van der Waals surface area contributed by atoms with Gasteiger partial charge in [0.2, 0.25) is 0 Å². The van der Waals surface area contributed by atoms with Gasteiger partial charge >= 0.3 is 0 Å². The second-order valence-corrected chi connectivity index (χ2v) is 16.6. The number of hydrogen-bond donors (Lipinski definition) is 0. The molecule has 60 heavy (non-hydrogen) atoms. The van der Waals surface area contributed by atoms with Crippen LogP contribution in [0.4, 0.5) is 17.1 Å². The number of aromatic nitrogens is 3. The van der Waals surface area contributed by atoms with Crippen molar-refractivity contribution < 1.29 is 25.8 Å². The monoisotopic (exact) mass is 955 g/mol. The fourth-order valence-electron chi connectivity index (χ4n) is 9.40. The van der Waals surface area contributed by atoms with Crippen LogP contribution < -0.4 is 14.5 Å². The maximum Gasteiger partial charge on any atom is 0.135 e. The molecule has 0 saturated carbocycles. The van der Waals surface area contributed by atoms with Gasteiger partial charge in [0.25, 0.3) is 0 Å². The van der Waals surface area contributed by atoms with E-state index >= 15 is 0 Å². The maximum absolute atomic E-state index is 6.67. The summed E-state index contributed by atoms with van der Waals surface area (Å²) < 4.78 is 11.4. The van der Waals surface area contributed by atoms with Gasteiger partial charge in [-0.2, -0.15) is 18.8 Å². The molecule has 0 bridgehead atoms. The van der Waals surface area contributed by atoms with Crippen LogP contribution in [-0.4, -0.2) is 21.2 Å². The molecular formula is C53H38N5OPt-3. The Morgan fingerprint density at radius 3 is 2.20 bits per heavy atom. The molecule has 0 radical (unpaired) electrons. The molecule has 12 rings (SSSR count). The zero-order valence-corrected chi connectivity index (χ0v) is 35.7. The van der Waals surface area contributed by atoms with E-state index in [0.29, 0.717) is 11.5 Å². The number of nitrogens with zero attached hydrogens (tertiary/aromatic N) is 5. The zero-order valence-electron chi connectivity index (χ0n) is 33.5. The van der Waals surface area contributed by atoms with Crippen molar-refractivity contribution in [3.8, 4) is 45.3 Å². The van der Waals surface area contributed by atoms with Crippen molar-refractivity contribution in [2.75, 3.05) is 16.8 Å². The molecule has 0 N–H and O–H groups in total. The van der Waals surface area contributed by atoms with Gasteiger partial charge in [-0.25, -0.2) is 4.98 Å². The average molecular weight is 956 g/mol. The van der Waals surface area contributed by atoms with E-state index in [2.05, 4.69) is 193 Å². The molecule has 2 aliphatic rings. The van der Waals surface area contributed by atoms with E-state index in [9.17, 15) is 0 Å². The molecule has 0 amide bonds. The molecule has 6 nitrogen and oxygen atoms in total. The molecule has 0 unspecified atom stereocenters. The Morgan fingerprint density at radius 1 is 0.600 bits per heavy atom. The third-order valence-corrected chi connectivity index (χ3v) is 12.1. The molecule has 0 aliphatic carbocycles. The third kappa shape index (κ3) is 5.33. The molecule has 0 atom stereocenters. The zero-order chi connectivity index (χ0) is 39.6. The standard InChI is InChI=1S/C53H38N5O.Pt/c1-53(2,3)33-27-28-54-49(29-33)57-46-25-26-47-50(39-17-6-5-15-37(39)40-18-12-19-41-38-16-7-8-20-43(38)58(47)52(40)41)51(46)42-24-23-36(31-48(42)57)59-35-14-11-13-34(30-35)56-32-55(4)44-21-9-10-22-45(44)56;/h5-29,32H,1-4H3;/q-3;. The van der Waals surface area contributed by atoms with Crippen LogP contribution in [0, 0.1) is 18.8 Å². The summed E-state index contributed by atoms with van der Waals surface area (Å²) in [7, 11) is 2.06. The first-order chi connectivity index (χ1) is 28.8. The molecule has 2 aliphatic heterocycles. The third-order valence-electron chi connectivity index (χ3n) is 12.1. The topological polar surface area (TPSA) is 38.5 Å². The van der Waals surface area contributed by atoms with Gasteiger partial charge in [-0.05, 0) is 77.0 Å². The minimum absolute atomic E-state index is 0. The van der Waals surface area contributed by atoms with E-state index in [-0.39, 0.29) is 26.5 Å². The Bertz CT molecular complexity index is 3370. The van der Waals surface area contributed by atoms with Crippen LogP contribution in [0.25, 0.3) is 77.4 Å².